The Morgan fingerprint density at radius 2 is 2.00 bits per heavy atom. The molecular weight excluding hydrogens is 252 g/mol. The molecule has 0 saturated heterocycles. The van der Waals surface area contributed by atoms with Crippen LogP contribution < -0.4 is 10.6 Å². The SMILES string of the molecule is CC(C)CNC(=O)C(C)Nc1nncc2ccccc12. The summed E-state index contributed by atoms with van der Waals surface area (Å²) in [5.74, 6) is 1.03. The van der Waals surface area contributed by atoms with Gasteiger partial charge in [-0.05, 0) is 12.8 Å². The first-order valence-corrected chi connectivity index (χ1v) is 6.82. The summed E-state index contributed by atoms with van der Waals surface area (Å²) in [4.78, 5) is 12.0. The van der Waals surface area contributed by atoms with Gasteiger partial charge in [-0.2, -0.15) is 5.10 Å². The molecule has 0 saturated carbocycles. The summed E-state index contributed by atoms with van der Waals surface area (Å²) < 4.78 is 0. The third kappa shape index (κ3) is 3.44. The highest BCUT2D eigenvalue weighted by Crippen LogP contribution is 2.19. The molecule has 5 nitrogen and oxygen atoms in total. The molecule has 2 rings (SSSR count). The monoisotopic (exact) mass is 272 g/mol. The molecule has 2 aromatic rings. The zero-order valence-corrected chi connectivity index (χ0v) is 12.1. The Balaban J connectivity index is 2.10. The smallest absolute Gasteiger partial charge is 0.242 e. The molecular formula is C15H20N4O. The quantitative estimate of drug-likeness (QED) is 0.875. The number of fused-ring (bicyclic) bond motifs is 1. The van der Waals surface area contributed by atoms with E-state index in [1.54, 1.807) is 6.20 Å². The molecule has 1 aromatic carbocycles. The Morgan fingerprint density at radius 3 is 2.75 bits per heavy atom. The van der Waals surface area contributed by atoms with Crippen LogP contribution in [0.4, 0.5) is 5.82 Å². The number of carbonyl (C=O) groups excluding carboxylic acids is 1. The van der Waals surface area contributed by atoms with Crippen LogP contribution in [0.15, 0.2) is 30.5 Å². The molecule has 5 heteroatoms. The number of anilines is 1. The van der Waals surface area contributed by atoms with Gasteiger partial charge in [-0.3, -0.25) is 4.79 Å². The van der Waals surface area contributed by atoms with Crippen LogP contribution >= 0.6 is 0 Å². The zero-order chi connectivity index (χ0) is 14.5. The van der Waals surface area contributed by atoms with E-state index < -0.39 is 0 Å². The molecule has 1 amide bonds. The van der Waals surface area contributed by atoms with E-state index in [0.29, 0.717) is 18.3 Å². The summed E-state index contributed by atoms with van der Waals surface area (Å²) in [7, 11) is 0. The second-order valence-corrected chi connectivity index (χ2v) is 5.29. The van der Waals surface area contributed by atoms with E-state index >= 15 is 0 Å². The molecule has 0 aliphatic rings. The molecule has 0 radical (unpaired) electrons. The van der Waals surface area contributed by atoms with Crippen LogP contribution in [0.3, 0.4) is 0 Å². The summed E-state index contributed by atoms with van der Waals surface area (Å²) in [5, 5.41) is 16.0. The summed E-state index contributed by atoms with van der Waals surface area (Å²) in [6, 6.07) is 7.48. The van der Waals surface area contributed by atoms with Crippen molar-refractivity contribution in [3.8, 4) is 0 Å². The molecule has 0 aliphatic carbocycles. The number of rotatable bonds is 5. The lowest BCUT2D eigenvalue weighted by molar-refractivity contribution is -0.121. The highest BCUT2D eigenvalue weighted by Gasteiger charge is 2.14. The van der Waals surface area contributed by atoms with Gasteiger partial charge >= 0.3 is 0 Å². The Labute approximate surface area is 118 Å². The van der Waals surface area contributed by atoms with Gasteiger partial charge < -0.3 is 10.6 Å². The topological polar surface area (TPSA) is 66.9 Å². The van der Waals surface area contributed by atoms with Crippen LogP contribution in [0.5, 0.6) is 0 Å². The Kier molecular flexibility index (Phi) is 4.50. The maximum atomic E-state index is 12.0. The van der Waals surface area contributed by atoms with Crippen LogP contribution in [-0.2, 0) is 4.79 Å². The van der Waals surface area contributed by atoms with Crippen molar-refractivity contribution in [1.29, 1.82) is 0 Å². The molecule has 1 unspecified atom stereocenters. The van der Waals surface area contributed by atoms with Gasteiger partial charge in [0.15, 0.2) is 5.82 Å². The number of benzene rings is 1. The highest BCUT2D eigenvalue weighted by molar-refractivity contribution is 5.93. The van der Waals surface area contributed by atoms with Gasteiger partial charge in [-0.1, -0.05) is 38.1 Å². The molecule has 1 aromatic heterocycles. The van der Waals surface area contributed by atoms with Gasteiger partial charge in [0, 0.05) is 17.3 Å². The molecule has 1 atom stereocenters. The first kappa shape index (κ1) is 14.2. The first-order chi connectivity index (χ1) is 9.58. The van der Waals surface area contributed by atoms with Gasteiger partial charge in [0.25, 0.3) is 0 Å². The normalized spacial score (nSPS) is 12.4. The van der Waals surface area contributed by atoms with Crippen LogP contribution in [0.2, 0.25) is 0 Å². The van der Waals surface area contributed by atoms with Crippen molar-refractivity contribution >= 4 is 22.5 Å². The van der Waals surface area contributed by atoms with Crippen molar-refractivity contribution in [2.75, 3.05) is 11.9 Å². The third-order valence-corrected chi connectivity index (χ3v) is 3.00. The number of carbonyl (C=O) groups is 1. The van der Waals surface area contributed by atoms with Crippen LogP contribution in [0.25, 0.3) is 10.8 Å². The van der Waals surface area contributed by atoms with Crippen molar-refractivity contribution in [2.24, 2.45) is 5.92 Å². The summed E-state index contributed by atoms with van der Waals surface area (Å²) >= 11 is 0. The fourth-order valence-electron chi connectivity index (χ4n) is 1.86. The minimum Gasteiger partial charge on any atom is -0.357 e. The average Bonchev–Trinajstić information content (AvgIpc) is 2.45. The maximum Gasteiger partial charge on any atom is 0.242 e. The zero-order valence-electron chi connectivity index (χ0n) is 12.1. The maximum absolute atomic E-state index is 12.0. The molecule has 0 bridgehead atoms. The molecule has 0 spiro atoms. The second-order valence-electron chi connectivity index (χ2n) is 5.29. The fourth-order valence-corrected chi connectivity index (χ4v) is 1.86. The average molecular weight is 272 g/mol. The van der Waals surface area contributed by atoms with E-state index in [4.69, 9.17) is 0 Å². The predicted molar refractivity (Wildman–Crippen MR) is 80.5 cm³/mol. The number of hydrogen-bond donors (Lipinski definition) is 2. The van der Waals surface area contributed by atoms with Crippen molar-refractivity contribution in [3.63, 3.8) is 0 Å². The third-order valence-electron chi connectivity index (χ3n) is 3.00. The Bertz CT molecular complexity index is 592. The first-order valence-electron chi connectivity index (χ1n) is 6.82. The number of amides is 1. The lowest BCUT2D eigenvalue weighted by atomic mass is 10.2. The molecule has 20 heavy (non-hydrogen) atoms. The van der Waals surface area contributed by atoms with E-state index in [1.165, 1.54) is 0 Å². The van der Waals surface area contributed by atoms with Gasteiger partial charge in [-0.25, -0.2) is 0 Å². The number of nitrogens with zero attached hydrogens (tertiary/aromatic N) is 2. The fraction of sp³-hybridized carbons (Fsp3) is 0.400. The van der Waals surface area contributed by atoms with Crippen molar-refractivity contribution < 1.29 is 4.79 Å². The van der Waals surface area contributed by atoms with Gasteiger partial charge in [0.05, 0.1) is 6.20 Å². The van der Waals surface area contributed by atoms with Crippen LogP contribution in [0, 0.1) is 5.92 Å². The predicted octanol–water partition coefficient (Wildman–Crippen LogP) is 2.20. The second kappa shape index (κ2) is 6.32. The van der Waals surface area contributed by atoms with Gasteiger partial charge in [0.2, 0.25) is 5.91 Å². The molecule has 1 heterocycles. The highest BCUT2D eigenvalue weighted by atomic mass is 16.2. The lowest BCUT2D eigenvalue weighted by Gasteiger charge is -2.16. The molecule has 0 aliphatic heterocycles. The number of hydrogen-bond acceptors (Lipinski definition) is 4. The van der Waals surface area contributed by atoms with Crippen molar-refractivity contribution in [2.45, 2.75) is 26.8 Å². The van der Waals surface area contributed by atoms with E-state index in [1.807, 2.05) is 31.2 Å². The van der Waals surface area contributed by atoms with E-state index in [0.717, 1.165) is 10.8 Å². The van der Waals surface area contributed by atoms with Crippen molar-refractivity contribution in [3.05, 3.63) is 30.5 Å². The number of nitrogens with one attached hydrogen (secondary N) is 2. The van der Waals surface area contributed by atoms with E-state index in [-0.39, 0.29) is 11.9 Å². The molecule has 106 valence electrons. The van der Waals surface area contributed by atoms with Gasteiger partial charge in [-0.15, -0.1) is 5.10 Å². The van der Waals surface area contributed by atoms with Crippen LogP contribution in [-0.4, -0.2) is 28.7 Å². The molecule has 0 fully saturated rings. The van der Waals surface area contributed by atoms with E-state index in [2.05, 4.69) is 34.7 Å². The Morgan fingerprint density at radius 1 is 1.25 bits per heavy atom. The van der Waals surface area contributed by atoms with Crippen LogP contribution in [0.1, 0.15) is 20.8 Å². The van der Waals surface area contributed by atoms with Crippen molar-refractivity contribution in [1.82, 2.24) is 15.5 Å². The summed E-state index contributed by atoms with van der Waals surface area (Å²) in [5.41, 5.74) is 0. The molecule has 2 N–H and O–H groups in total. The van der Waals surface area contributed by atoms with Gasteiger partial charge in [0.1, 0.15) is 6.04 Å². The Hall–Kier alpha value is -2.17. The lowest BCUT2D eigenvalue weighted by Crippen LogP contribution is -2.39. The largest absolute Gasteiger partial charge is 0.357 e. The standard InChI is InChI=1S/C15H20N4O/c1-10(2)8-16-15(20)11(3)18-14-13-7-5-4-6-12(13)9-17-19-14/h4-7,9-11H,8H2,1-3H3,(H,16,20)(H,18,19). The summed E-state index contributed by atoms with van der Waals surface area (Å²) in [6.45, 7) is 6.62. The minimum absolute atomic E-state index is 0.0339. The van der Waals surface area contributed by atoms with E-state index in [9.17, 15) is 4.79 Å². The minimum atomic E-state index is -0.353. The number of aromatic nitrogens is 2. The summed E-state index contributed by atoms with van der Waals surface area (Å²) in [6.07, 6.45) is 1.71.